The molecule has 0 aliphatic heterocycles. The van der Waals surface area contributed by atoms with Gasteiger partial charge in [0, 0.05) is 30.4 Å². The number of pyridine rings is 1. The van der Waals surface area contributed by atoms with E-state index in [1.807, 2.05) is 0 Å². The van der Waals surface area contributed by atoms with Gasteiger partial charge in [-0.2, -0.15) is 0 Å². The van der Waals surface area contributed by atoms with Crippen LogP contribution in [0.5, 0.6) is 5.75 Å². The zero-order chi connectivity index (χ0) is 12.1. The highest BCUT2D eigenvalue weighted by atomic mass is 16.3. The highest BCUT2D eigenvalue weighted by Crippen LogP contribution is 2.23. The van der Waals surface area contributed by atoms with Crippen molar-refractivity contribution in [3.8, 4) is 5.75 Å². The Morgan fingerprint density at radius 3 is 2.75 bits per heavy atom. The lowest BCUT2D eigenvalue weighted by molar-refractivity contribution is 0.190. The molecule has 4 N–H and O–H groups in total. The summed E-state index contributed by atoms with van der Waals surface area (Å²) >= 11 is 0. The Kier molecular flexibility index (Phi) is 4.67. The fraction of sp³-hybridized carbons (Fsp3) is 0.545. The van der Waals surface area contributed by atoms with E-state index >= 15 is 0 Å². The van der Waals surface area contributed by atoms with E-state index in [-0.39, 0.29) is 12.4 Å². The van der Waals surface area contributed by atoms with Crippen molar-refractivity contribution in [2.75, 3.05) is 6.54 Å². The van der Waals surface area contributed by atoms with Gasteiger partial charge in [0.15, 0.2) is 0 Å². The lowest BCUT2D eigenvalue weighted by Gasteiger charge is -2.13. The van der Waals surface area contributed by atoms with Gasteiger partial charge in [-0.15, -0.1) is 0 Å². The van der Waals surface area contributed by atoms with Gasteiger partial charge in [0.1, 0.15) is 5.75 Å². The molecule has 16 heavy (non-hydrogen) atoms. The highest BCUT2D eigenvalue weighted by Gasteiger charge is 2.10. The summed E-state index contributed by atoms with van der Waals surface area (Å²) in [6, 6.07) is 0. The molecule has 0 radical (unpaired) electrons. The van der Waals surface area contributed by atoms with Gasteiger partial charge in [-0.1, -0.05) is 0 Å². The Labute approximate surface area is 94.8 Å². The molecular formula is C11H18N2O3. The van der Waals surface area contributed by atoms with Gasteiger partial charge in [-0.3, -0.25) is 4.98 Å². The maximum Gasteiger partial charge on any atom is 0.141 e. The van der Waals surface area contributed by atoms with Crippen LogP contribution >= 0.6 is 0 Å². The van der Waals surface area contributed by atoms with Crippen molar-refractivity contribution in [1.29, 1.82) is 0 Å². The number of aliphatic hydroxyl groups excluding tert-OH is 2. The van der Waals surface area contributed by atoms with Crippen molar-refractivity contribution in [1.82, 2.24) is 10.3 Å². The number of nitrogens with one attached hydrogen (secondary N) is 1. The van der Waals surface area contributed by atoms with Crippen molar-refractivity contribution in [2.45, 2.75) is 33.1 Å². The normalized spacial score (nSPS) is 12.8. The van der Waals surface area contributed by atoms with E-state index in [1.54, 1.807) is 20.0 Å². The zero-order valence-corrected chi connectivity index (χ0v) is 9.56. The van der Waals surface area contributed by atoms with Gasteiger partial charge >= 0.3 is 0 Å². The first-order chi connectivity index (χ1) is 7.56. The zero-order valence-electron chi connectivity index (χ0n) is 9.56. The monoisotopic (exact) mass is 226 g/mol. The minimum atomic E-state index is -0.442. The summed E-state index contributed by atoms with van der Waals surface area (Å²) in [5.74, 6) is 0.102. The number of hydrogen-bond donors (Lipinski definition) is 4. The summed E-state index contributed by atoms with van der Waals surface area (Å²) in [6.45, 7) is 4.06. The maximum atomic E-state index is 9.80. The van der Waals surface area contributed by atoms with E-state index in [1.165, 1.54) is 0 Å². The fourth-order valence-electron chi connectivity index (χ4n) is 1.42. The van der Waals surface area contributed by atoms with Crippen LogP contribution in [-0.4, -0.2) is 33.0 Å². The first-order valence-corrected chi connectivity index (χ1v) is 5.22. The molecule has 0 fully saturated rings. The smallest absolute Gasteiger partial charge is 0.141 e. The summed E-state index contributed by atoms with van der Waals surface area (Å²) < 4.78 is 0. The summed E-state index contributed by atoms with van der Waals surface area (Å²) in [4.78, 5) is 3.97. The summed E-state index contributed by atoms with van der Waals surface area (Å²) in [5.41, 5.74) is 1.77. The lowest BCUT2D eigenvalue weighted by atomic mass is 10.1. The predicted molar refractivity (Wildman–Crippen MR) is 59.9 cm³/mol. The first kappa shape index (κ1) is 12.9. The Balaban J connectivity index is 2.80. The Morgan fingerprint density at radius 2 is 2.19 bits per heavy atom. The Hall–Kier alpha value is -1.17. The molecule has 0 saturated carbocycles. The van der Waals surface area contributed by atoms with E-state index in [2.05, 4.69) is 10.3 Å². The van der Waals surface area contributed by atoms with Crippen LogP contribution in [0.15, 0.2) is 6.20 Å². The van der Waals surface area contributed by atoms with E-state index in [0.29, 0.717) is 29.9 Å². The second-order valence-electron chi connectivity index (χ2n) is 3.83. The molecule has 1 aromatic heterocycles. The molecule has 0 aliphatic carbocycles. The highest BCUT2D eigenvalue weighted by molar-refractivity contribution is 5.40. The standard InChI is InChI=1S/C11H18N2O3/c1-7(15)3-12-5-10-9(6-14)4-13-8(2)11(10)16/h4,7,12,14-16H,3,5-6H2,1-2H3/t7-/m1/s1. The molecule has 90 valence electrons. The third-order valence-electron chi connectivity index (χ3n) is 2.34. The number of rotatable bonds is 5. The second kappa shape index (κ2) is 5.79. The average Bonchev–Trinajstić information content (AvgIpc) is 2.24. The van der Waals surface area contributed by atoms with Crippen molar-refractivity contribution in [3.05, 3.63) is 23.0 Å². The number of aryl methyl sites for hydroxylation is 1. The minimum absolute atomic E-state index is 0.102. The van der Waals surface area contributed by atoms with Crippen molar-refractivity contribution < 1.29 is 15.3 Å². The van der Waals surface area contributed by atoms with Gasteiger partial charge in [0.25, 0.3) is 0 Å². The molecule has 0 aromatic carbocycles. The van der Waals surface area contributed by atoms with Crippen molar-refractivity contribution in [2.24, 2.45) is 0 Å². The van der Waals surface area contributed by atoms with Crippen LogP contribution < -0.4 is 5.32 Å². The molecule has 5 heteroatoms. The quantitative estimate of drug-likeness (QED) is 0.570. The van der Waals surface area contributed by atoms with Crippen LogP contribution in [0.25, 0.3) is 0 Å². The Bertz CT molecular complexity index is 353. The summed E-state index contributed by atoms with van der Waals surface area (Å²) in [7, 11) is 0. The topological polar surface area (TPSA) is 85.6 Å². The molecular weight excluding hydrogens is 208 g/mol. The second-order valence-corrected chi connectivity index (χ2v) is 3.83. The molecule has 0 saturated heterocycles. The van der Waals surface area contributed by atoms with Crippen LogP contribution in [0.3, 0.4) is 0 Å². The molecule has 1 heterocycles. The number of aliphatic hydroxyl groups is 2. The van der Waals surface area contributed by atoms with Gasteiger partial charge in [-0.05, 0) is 13.8 Å². The van der Waals surface area contributed by atoms with Crippen molar-refractivity contribution in [3.63, 3.8) is 0 Å². The SMILES string of the molecule is Cc1ncc(CO)c(CNC[C@@H](C)O)c1O. The lowest BCUT2D eigenvalue weighted by Crippen LogP contribution is -2.24. The number of hydrogen-bond acceptors (Lipinski definition) is 5. The fourth-order valence-corrected chi connectivity index (χ4v) is 1.42. The van der Waals surface area contributed by atoms with Crippen LogP contribution in [-0.2, 0) is 13.2 Å². The average molecular weight is 226 g/mol. The molecule has 0 spiro atoms. The van der Waals surface area contributed by atoms with Crippen LogP contribution in [0.1, 0.15) is 23.7 Å². The van der Waals surface area contributed by atoms with Gasteiger partial charge < -0.3 is 20.6 Å². The summed E-state index contributed by atoms with van der Waals surface area (Å²) in [6.07, 6.45) is 1.11. The van der Waals surface area contributed by atoms with E-state index < -0.39 is 6.10 Å². The third kappa shape index (κ3) is 3.16. The minimum Gasteiger partial charge on any atom is -0.506 e. The molecule has 1 rings (SSSR count). The number of aromatic hydroxyl groups is 1. The molecule has 0 unspecified atom stereocenters. The maximum absolute atomic E-state index is 9.80. The largest absolute Gasteiger partial charge is 0.506 e. The molecule has 0 amide bonds. The number of nitrogens with zero attached hydrogens (tertiary/aromatic N) is 1. The van der Waals surface area contributed by atoms with Crippen LogP contribution in [0.2, 0.25) is 0 Å². The molecule has 0 aliphatic rings. The predicted octanol–water partition coefficient (Wildman–Crippen LogP) is 0.0583. The Morgan fingerprint density at radius 1 is 1.50 bits per heavy atom. The number of aromatic nitrogens is 1. The van der Waals surface area contributed by atoms with E-state index in [0.717, 1.165) is 0 Å². The van der Waals surface area contributed by atoms with Gasteiger partial charge in [0.2, 0.25) is 0 Å². The van der Waals surface area contributed by atoms with E-state index in [9.17, 15) is 5.11 Å². The first-order valence-electron chi connectivity index (χ1n) is 5.22. The molecule has 0 bridgehead atoms. The van der Waals surface area contributed by atoms with Crippen LogP contribution in [0.4, 0.5) is 0 Å². The summed E-state index contributed by atoms with van der Waals surface area (Å²) in [5, 5.41) is 31.0. The molecule has 1 atom stereocenters. The van der Waals surface area contributed by atoms with Crippen LogP contribution in [0, 0.1) is 6.92 Å². The third-order valence-corrected chi connectivity index (χ3v) is 2.34. The van der Waals surface area contributed by atoms with Gasteiger partial charge in [-0.25, -0.2) is 0 Å². The van der Waals surface area contributed by atoms with E-state index in [4.69, 9.17) is 10.2 Å². The van der Waals surface area contributed by atoms with Crippen molar-refractivity contribution >= 4 is 0 Å². The van der Waals surface area contributed by atoms with Gasteiger partial charge in [0.05, 0.1) is 18.4 Å². The molecule has 5 nitrogen and oxygen atoms in total. The molecule has 1 aromatic rings.